The molecule has 0 aliphatic carbocycles. The number of halogens is 2. The van der Waals surface area contributed by atoms with Crippen LogP contribution in [0.5, 0.6) is 5.75 Å². The minimum absolute atomic E-state index is 0.106. The third-order valence-electron chi connectivity index (χ3n) is 2.61. The highest BCUT2D eigenvalue weighted by molar-refractivity contribution is 6.30. The van der Waals surface area contributed by atoms with E-state index in [2.05, 4.69) is 17.4 Å². The number of ether oxygens (including phenoxy) is 1. The molecule has 0 saturated heterocycles. The summed E-state index contributed by atoms with van der Waals surface area (Å²) in [5.41, 5.74) is 1.22. The molecule has 0 aliphatic rings. The van der Waals surface area contributed by atoms with Crippen molar-refractivity contribution in [2.45, 2.75) is 6.54 Å². The first-order valence-corrected chi connectivity index (χ1v) is 6.46. The second-order valence-electron chi connectivity index (χ2n) is 4.09. The molecule has 0 saturated carbocycles. The Hall–Kier alpha value is -1.58. The highest BCUT2D eigenvalue weighted by Gasteiger charge is 2.01. The zero-order valence-corrected chi connectivity index (χ0v) is 11.2. The Bertz CT molecular complexity index is 519. The van der Waals surface area contributed by atoms with Crippen LogP contribution in [0.4, 0.5) is 4.39 Å². The van der Waals surface area contributed by atoms with Crippen LogP contribution in [0.15, 0.2) is 48.5 Å². The molecule has 0 radical (unpaired) electrons. The quantitative estimate of drug-likeness (QED) is 0.815. The molecule has 2 rings (SSSR count). The van der Waals surface area contributed by atoms with Gasteiger partial charge in [0.25, 0.3) is 0 Å². The average molecular weight is 280 g/mol. The topological polar surface area (TPSA) is 21.3 Å². The van der Waals surface area contributed by atoms with Crippen molar-refractivity contribution in [3.63, 3.8) is 0 Å². The molecule has 4 heteroatoms. The van der Waals surface area contributed by atoms with Crippen molar-refractivity contribution in [1.82, 2.24) is 5.32 Å². The molecule has 19 heavy (non-hydrogen) atoms. The fraction of sp³-hybridized carbons (Fsp3) is 0.200. The van der Waals surface area contributed by atoms with Gasteiger partial charge >= 0.3 is 0 Å². The second kappa shape index (κ2) is 7.12. The summed E-state index contributed by atoms with van der Waals surface area (Å²) in [5, 5.41) is 3.36. The van der Waals surface area contributed by atoms with Crippen LogP contribution in [0.2, 0.25) is 5.02 Å². The molecule has 0 amide bonds. The van der Waals surface area contributed by atoms with E-state index in [1.165, 1.54) is 17.7 Å². The van der Waals surface area contributed by atoms with Gasteiger partial charge in [0.05, 0.1) is 5.02 Å². The van der Waals surface area contributed by atoms with Crippen LogP contribution < -0.4 is 10.1 Å². The van der Waals surface area contributed by atoms with Gasteiger partial charge in [-0.2, -0.15) is 0 Å². The van der Waals surface area contributed by atoms with Gasteiger partial charge in [-0.1, -0.05) is 41.9 Å². The lowest BCUT2D eigenvalue weighted by Crippen LogP contribution is -2.20. The van der Waals surface area contributed by atoms with Crippen molar-refractivity contribution in [3.8, 4) is 5.75 Å². The Morgan fingerprint density at radius 3 is 2.63 bits per heavy atom. The highest BCUT2D eigenvalue weighted by atomic mass is 35.5. The van der Waals surface area contributed by atoms with Gasteiger partial charge in [-0.3, -0.25) is 0 Å². The lowest BCUT2D eigenvalue weighted by Gasteiger charge is -2.08. The van der Waals surface area contributed by atoms with Gasteiger partial charge in [-0.05, 0) is 17.7 Å². The molecule has 2 nitrogen and oxygen atoms in total. The van der Waals surface area contributed by atoms with E-state index < -0.39 is 5.82 Å². The van der Waals surface area contributed by atoms with Crippen molar-refractivity contribution in [2.24, 2.45) is 0 Å². The molecule has 2 aromatic carbocycles. The Balaban J connectivity index is 1.68. The predicted octanol–water partition coefficient (Wildman–Crippen LogP) is 3.65. The largest absolute Gasteiger partial charge is 0.492 e. The molecular weight excluding hydrogens is 265 g/mol. The molecule has 0 bridgehead atoms. The van der Waals surface area contributed by atoms with Gasteiger partial charge in [0, 0.05) is 19.2 Å². The van der Waals surface area contributed by atoms with Crippen molar-refractivity contribution in [3.05, 3.63) is 64.9 Å². The van der Waals surface area contributed by atoms with Crippen LogP contribution in [0.1, 0.15) is 5.56 Å². The number of hydrogen-bond donors (Lipinski definition) is 1. The van der Waals surface area contributed by atoms with Crippen molar-refractivity contribution in [1.29, 1.82) is 0 Å². The van der Waals surface area contributed by atoms with Crippen LogP contribution in [0.25, 0.3) is 0 Å². The highest BCUT2D eigenvalue weighted by Crippen LogP contribution is 2.20. The zero-order valence-electron chi connectivity index (χ0n) is 10.4. The number of nitrogens with one attached hydrogen (secondary N) is 1. The molecule has 1 N–H and O–H groups in total. The molecule has 100 valence electrons. The second-order valence-corrected chi connectivity index (χ2v) is 4.49. The van der Waals surface area contributed by atoms with E-state index in [9.17, 15) is 4.39 Å². The summed E-state index contributed by atoms with van der Waals surface area (Å²) in [6.07, 6.45) is 0. The van der Waals surface area contributed by atoms with Gasteiger partial charge < -0.3 is 10.1 Å². The minimum atomic E-state index is -0.462. The number of benzene rings is 2. The Kier molecular flexibility index (Phi) is 5.19. The van der Waals surface area contributed by atoms with Crippen molar-refractivity contribution in [2.75, 3.05) is 13.2 Å². The summed E-state index contributed by atoms with van der Waals surface area (Å²) in [4.78, 5) is 0. The van der Waals surface area contributed by atoms with Crippen LogP contribution >= 0.6 is 11.6 Å². The van der Waals surface area contributed by atoms with Crippen LogP contribution in [0, 0.1) is 5.82 Å². The monoisotopic (exact) mass is 279 g/mol. The van der Waals surface area contributed by atoms with E-state index >= 15 is 0 Å². The molecule has 0 atom stereocenters. The summed E-state index contributed by atoms with van der Waals surface area (Å²) < 4.78 is 18.6. The Morgan fingerprint density at radius 2 is 1.89 bits per heavy atom. The van der Waals surface area contributed by atoms with E-state index in [-0.39, 0.29) is 5.02 Å². The summed E-state index contributed by atoms with van der Waals surface area (Å²) in [6, 6.07) is 14.5. The molecule has 0 aliphatic heterocycles. The van der Waals surface area contributed by atoms with Crippen LogP contribution in [-0.2, 0) is 6.54 Å². The van der Waals surface area contributed by atoms with Gasteiger partial charge in [0.2, 0.25) is 0 Å². The van der Waals surface area contributed by atoms with Crippen molar-refractivity contribution >= 4 is 11.6 Å². The summed E-state index contributed by atoms with van der Waals surface area (Å²) in [5.74, 6) is 0.0276. The third kappa shape index (κ3) is 4.54. The molecule has 0 spiro atoms. The summed E-state index contributed by atoms with van der Waals surface area (Å²) in [6.45, 7) is 1.96. The summed E-state index contributed by atoms with van der Waals surface area (Å²) >= 11 is 5.59. The fourth-order valence-electron chi connectivity index (χ4n) is 1.64. The summed E-state index contributed by atoms with van der Waals surface area (Å²) in [7, 11) is 0. The van der Waals surface area contributed by atoms with E-state index in [0.717, 1.165) is 6.54 Å². The third-order valence-corrected chi connectivity index (χ3v) is 2.92. The molecule has 2 aromatic rings. The van der Waals surface area contributed by atoms with Gasteiger partial charge in [-0.25, -0.2) is 4.39 Å². The SMILES string of the molecule is Fc1cc(OCCNCc2ccccc2)ccc1Cl. The average Bonchev–Trinajstić information content (AvgIpc) is 2.43. The van der Waals surface area contributed by atoms with Crippen LogP contribution in [-0.4, -0.2) is 13.2 Å². The maximum absolute atomic E-state index is 13.1. The molecular formula is C15H15ClFNO. The van der Waals surface area contributed by atoms with E-state index in [1.807, 2.05) is 18.2 Å². The lowest BCUT2D eigenvalue weighted by molar-refractivity contribution is 0.312. The number of rotatable bonds is 6. The maximum atomic E-state index is 13.1. The normalized spacial score (nSPS) is 10.4. The Morgan fingerprint density at radius 1 is 1.11 bits per heavy atom. The van der Waals surface area contributed by atoms with Gasteiger partial charge in [0.1, 0.15) is 18.2 Å². The maximum Gasteiger partial charge on any atom is 0.145 e. The molecule has 0 fully saturated rings. The molecule has 0 unspecified atom stereocenters. The van der Waals surface area contributed by atoms with Gasteiger partial charge in [-0.15, -0.1) is 0 Å². The Labute approximate surface area is 117 Å². The van der Waals surface area contributed by atoms with E-state index in [4.69, 9.17) is 16.3 Å². The van der Waals surface area contributed by atoms with Gasteiger partial charge in [0.15, 0.2) is 0 Å². The van der Waals surface area contributed by atoms with Crippen molar-refractivity contribution < 1.29 is 9.13 Å². The first-order chi connectivity index (χ1) is 9.25. The predicted molar refractivity (Wildman–Crippen MR) is 75.1 cm³/mol. The number of hydrogen-bond acceptors (Lipinski definition) is 2. The van der Waals surface area contributed by atoms with Crippen LogP contribution in [0.3, 0.4) is 0 Å². The smallest absolute Gasteiger partial charge is 0.145 e. The lowest BCUT2D eigenvalue weighted by atomic mass is 10.2. The molecule has 0 heterocycles. The molecule has 0 aromatic heterocycles. The first-order valence-electron chi connectivity index (χ1n) is 6.08. The fourth-order valence-corrected chi connectivity index (χ4v) is 1.75. The standard InChI is InChI=1S/C15H15ClFNO/c16-14-7-6-13(10-15(14)17)19-9-8-18-11-12-4-2-1-3-5-12/h1-7,10,18H,8-9,11H2. The van der Waals surface area contributed by atoms with E-state index in [0.29, 0.717) is 18.9 Å². The first kappa shape index (κ1) is 13.8. The minimum Gasteiger partial charge on any atom is -0.492 e. The zero-order chi connectivity index (χ0) is 13.5. The van der Waals surface area contributed by atoms with E-state index in [1.54, 1.807) is 6.07 Å².